The zero-order chi connectivity index (χ0) is 23.3. The Morgan fingerprint density at radius 2 is 1.03 bits per heavy atom. The van der Waals surface area contributed by atoms with E-state index in [9.17, 15) is 4.79 Å². The third kappa shape index (κ3) is 9.56. The van der Waals surface area contributed by atoms with E-state index in [0.29, 0.717) is 6.42 Å². The van der Waals surface area contributed by atoms with Crippen LogP contribution in [0.2, 0.25) is 0 Å². The predicted molar refractivity (Wildman–Crippen MR) is 140 cm³/mol. The number of hydrogen-bond donors (Lipinski definition) is 0. The molecule has 3 aliphatic carbocycles. The van der Waals surface area contributed by atoms with Gasteiger partial charge in [-0.3, -0.25) is 4.79 Å². The number of unbranched alkanes of at least 4 members (excludes halogenated alkanes) is 6. The lowest BCUT2D eigenvalue weighted by molar-refractivity contribution is -0.151. The van der Waals surface area contributed by atoms with E-state index in [2.05, 4.69) is 13.8 Å². The first-order valence-corrected chi connectivity index (χ1v) is 15.4. The summed E-state index contributed by atoms with van der Waals surface area (Å²) in [6.07, 6.45) is 29.8. The fraction of sp³-hybridized carbons (Fsp3) is 0.968. The molecule has 0 unspecified atom stereocenters. The Kier molecular flexibility index (Phi) is 12.7. The molecule has 0 aromatic carbocycles. The molecule has 2 nitrogen and oxygen atoms in total. The molecule has 3 aliphatic rings. The van der Waals surface area contributed by atoms with Crippen LogP contribution in [-0.4, -0.2) is 12.1 Å². The van der Waals surface area contributed by atoms with Crippen LogP contribution < -0.4 is 0 Å². The van der Waals surface area contributed by atoms with Gasteiger partial charge in [0.15, 0.2) is 0 Å². The Morgan fingerprint density at radius 3 is 1.58 bits per heavy atom. The Bertz CT molecular complexity index is 505. The molecule has 3 saturated carbocycles. The Morgan fingerprint density at radius 1 is 0.576 bits per heavy atom. The van der Waals surface area contributed by atoms with Crippen molar-refractivity contribution in [2.45, 2.75) is 161 Å². The summed E-state index contributed by atoms with van der Waals surface area (Å²) in [5.74, 6) is 5.05. The normalized spacial score (nSPS) is 33.0. The quantitative estimate of drug-likeness (QED) is 0.202. The van der Waals surface area contributed by atoms with Crippen molar-refractivity contribution < 1.29 is 9.53 Å². The molecule has 3 fully saturated rings. The first-order chi connectivity index (χ1) is 16.2. The van der Waals surface area contributed by atoms with Crippen molar-refractivity contribution in [3.63, 3.8) is 0 Å². The molecule has 0 amide bonds. The molecule has 0 heterocycles. The maximum absolute atomic E-state index is 12.0. The first-order valence-electron chi connectivity index (χ1n) is 15.4. The van der Waals surface area contributed by atoms with Gasteiger partial charge in [0, 0.05) is 6.42 Å². The molecule has 0 radical (unpaired) electrons. The summed E-state index contributed by atoms with van der Waals surface area (Å²) in [5.41, 5.74) is 0. The number of esters is 1. The minimum atomic E-state index is 0.0543. The molecular formula is C31H56O2. The van der Waals surface area contributed by atoms with Crippen LogP contribution in [0.4, 0.5) is 0 Å². The molecule has 0 aromatic rings. The lowest BCUT2D eigenvalue weighted by Crippen LogP contribution is -2.31. The number of ether oxygens (including phenoxy) is 1. The van der Waals surface area contributed by atoms with Crippen LogP contribution in [-0.2, 0) is 9.53 Å². The van der Waals surface area contributed by atoms with E-state index >= 15 is 0 Å². The molecule has 2 heteroatoms. The van der Waals surface area contributed by atoms with E-state index in [-0.39, 0.29) is 12.1 Å². The van der Waals surface area contributed by atoms with E-state index in [4.69, 9.17) is 4.74 Å². The molecule has 0 atom stereocenters. The summed E-state index contributed by atoms with van der Waals surface area (Å²) in [5, 5.41) is 0. The largest absolute Gasteiger partial charge is 0.462 e. The van der Waals surface area contributed by atoms with Crippen LogP contribution in [0, 0.1) is 29.6 Å². The minimum absolute atomic E-state index is 0.0543. The topological polar surface area (TPSA) is 26.3 Å². The summed E-state index contributed by atoms with van der Waals surface area (Å²) in [4.78, 5) is 12.0. The highest BCUT2D eigenvalue weighted by Gasteiger charge is 2.35. The number of carbonyl (C=O) groups is 1. The standard InChI is InChI=1S/C31H56O2/c1-3-5-7-8-10-11-25-13-15-26(16-14-25)27-17-19-28(20-18-27)29-21-23-30(24-22-29)33-31(32)12-9-6-4-2/h25-30H,3-24H2,1-2H3/t25-,26-,27-,28-,29-,30-. The smallest absolute Gasteiger partial charge is 0.306 e. The van der Waals surface area contributed by atoms with Crippen LogP contribution >= 0.6 is 0 Å². The van der Waals surface area contributed by atoms with Crippen molar-refractivity contribution in [1.29, 1.82) is 0 Å². The summed E-state index contributed by atoms with van der Waals surface area (Å²) >= 11 is 0. The zero-order valence-electron chi connectivity index (χ0n) is 22.3. The molecule has 0 aromatic heterocycles. The summed E-state index contributed by atoms with van der Waals surface area (Å²) in [7, 11) is 0. The van der Waals surface area contributed by atoms with Gasteiger partial charge in [-0.05, 0) is 100 Å². The number of carbonyl (C=O) groups excluding carboxylic acids is 1. The monoisotopic (exact) mass is 460 g/mol. The molecule has 192 valence electrons. The van der Waals surface area contributed by atoms with Crippen LogP contribution in [0.15, 0.2) is 0 Å². The summed E-state index contributed by atoms with van der Waals surface area (Å²) in [6.45, 7) is 4.50. The van der Waals surface area contributed by atoms with E-state index < -0.39 is 0 Å². The van der Waals surface area contributed by atoms with E-state index in [1.54, 1.807) is 0 Å². The maximum Gasteiger partial charge on any atom is 0.306 e. The second-order valence-electron chi connectivity index (χ2n) is 12.1. The van der Waals surface area contributed by atoms with Crippen LogP contribution in [0.5, 0.6) is 0 Å². The molecule has 0 saturated heterocycles. The van der Waals surface area contributed by atoms with Gasteiger partial charge in [0.2, 0.25) is 0 Å². The maximum atomic E-state index is 12.0. The van der Waals surface area contributed by atoms with Crippen molar-refractivity contribution in [3.05, 3.63) is 0 Å². The van der Waals surface area contributed by atoms with Gasteiger partial charge < -0.3 is 4.74 Å². The molecule has 0 spiro atoms. The van der Waals surface area contributed by atoms with Gasteiger partial charge in [0.1, 0.15) is 6.10 Å². The van der Waals surface area contributed by atoms with Crippen molar-refractivity contribution >= 4 is 5.97 Å². The molecule has 0 aliphatic heterocycles. The zero-order valence-corrected chi connectivity index (χ0v) is 22.3. The van der Waals surface area contributed by atoms with Crippen LogP contribution in [0.1, 0.15) is 155 Å². The van der Waals surface area contributed by atoms with Crippen LogP contribution in [0.3, 0.4) is 0 Å². The lowest BCUT2D eigenvalue weighted by atomic mass is 9.65. The fourth-order valence-electron chi connectivity index (χ4n) is 7.51. The molecular weight excluding hydrogens is 404 g/mol. The van der Waals surface area contributed by atoms with Crippen molar-refractivity contribution in [3.8, 4) is 0 Å². The molecule has 0 bridgehead atoms. The highest BCUT2D eigenvalue weighted by Crippen LogP contribution is 2.46. The van der Waals surface area contributed by atoms with Gasteiger partial charge in [-0.15, -0.1) is 0 Å². The second kappa shape index (κ2) is 15.5. The second-order valence-corrected chi connectivity index (χ2v) is 12.1. The van der Waals surface area contributed by atoms with Gasteiger partial charge in [0.25, 0.3) is 0 Å². The van der Waals surface area contributed by atoms with Crippen molar-refractivity contribution in [2.24, 2.45) is 29.6 Å². The van der Waals surface area contributed by atoms with Gasteiger partial charge in [-0.2, -0.15) is 0 Å². The first kappa shape index (κ1) is 27.1. The van der Waals surface area contributed by atoms with Gasteiger partial charge in [0.05, 0.1) is 0 Å². The summed E-state index contributed by atoms with van der Waals surface area (Å²) in [6, 6.07) is 0. The summed E-state index contributed by atoms with van der Waals surface area (Å²) < 4.78 is 5.78. The molecule has 33 heavy (non-hydrogen) atoms. The Hall–Kier alpha value is -0.530. The molecule has 3 rings (SSSR count). The molecule has 0 N–H and O–H groups in total. The third-order valence-corrected chi connectivity index (χ3v) is 9.76. The minimum Gasteiger partial charge on any atom is -0.462 e. The van der Waals surface area contributed by atoms with Crippen molar-refractivity contribution in [1.82, 2.24) is 0 Å². The van der Waals surface area contributed by atoms with E-state index in [1.165, 1.54) is 109 Å². The van der Waals surface area contributed by atoms with E-state index in [0.717, 1.165) is 55.3 Å². The fourth-order valence-corrected chi connectivity index (χ4v) is 7.51. The average molecular weight is 461 g/mol. The van der Waals surface area contributed by atoms with Crippen molar-refractivity contribution in [2.75, 3.05) is 0 Å². The number of hydrogen-bond acceptors (Lipinski definition) is 2. The number of rotatable bonds is 13. The lowest BCUT2D eigenvalue weighted by Gasteiger charge is -2.41. The van der Waals surface area contributed by atoms with Crippen LogP contribution in [0.25, 0.3) is 0 Å². The highest BCUT2D eigenvalue weighted by atomic mass is 16.5. The SMILES string of the molecule is CCCCCCC[C@H]1CC[C@H]([C@H]2CC[C@H]([C@H]3CC[C@H](OC(=O)CCCCC)CC3)CC2)CC1. The highest BCUT2D eigenvalue weighted by molar-refractivity contribution is 5.69. The van der Waals surface area contributed by atoms with Gasteiger partial charge in [-0.25, -0.2) is 0 Å². The third-order valence-electron chi connectivity index (χ3n) is 9.76. The van der Waals surface area contributed by atoms with Gasteiger partial charge in [-0.1, -0.05) is 78.1 Å². The van der Waals surface area contributed by atoms with E-state index in [1.807, 2.05) is 0 Å². The predicted octanol–water partition coefficient (Wildman–Crippen LogP) is 9.64. The Labute approximate surface area is 206 Å². The average Bonchev–Trinajstić information content (AvgIpc) is 2.85. The Balaban J connectivity index is 1.25. The van der Waals surface area contributed by atoms with Gasteiger partial charge >= 0.3 is 5.97 Å².